The predicted octanol–water partition coefficient (Wildman–Crippen LogP) is 3.68. The van der Waals surface area contributed by atoms with Gasteiger partial charge in [0.05, 0.1) is 10.2 Å². The number of halogens is 1. The molecule has 3 rings (SSSR count). The molecule has 0 amide bonds. The van der Waals surface area contributed by atoms with Gasteiger partial charge in [-0.25, -0.2) is 9.37 Å². The van der Waals surface area contributed by atoms with Crippen LogP contribution in [0.15, 0.2) is 42.5 Å². The lowest BCUT2D eigenvalue weighted by Gasteiger charge is -1.95. The maximum absolute atomic E-state index is 13.1. The van der Waals surface area contributed by atoms with Gasteiger partial charge in [0, 0.05) is 11.3 Å². The number of anilines is 1. The minimum atomic E-state index is -0.231. The SMILES string of the molecule is Nc1ccc(-c2nc3ccc([18F])cc3s2)cc1. The van der Waals surface area contributed by atoms with E-state index in [1.54, 1.807) is 6.07 Å². The normalized spacial score (nSPS) is 10.9. The number of fused-ring (bicyclic) bond motifs is 1. The van der Waals surface area contributed by atoms with Gasteiger partial charge < -0.3 is 5.73 Å². The molecule has 4 heteroatoms. The van der Waals surface area contributed by atoms with Gasteiger partial charge in [0.25, 0.3) is 0 Å². The van der Waals surface area contributed by atoms with E-state index in [0.717, 1.165) is 26.5 Å². The number of hydrogen-bond acceptors (Lipinski definition) is 3. The summed E-state index contributed by atoms with van der Waals surface area (Å²) >= 11 is 1.48. The van der Waals surface area contributed by atoms with Crippen molar-refractivity contribution in [2.45, 2.75) is 0 Å². The van der Waals surface area contributed by atoms with E-state index >= 15 is 0 Å². The molecule has 1 aromatic heterocycles. The number of thiazole rings is 1. The Kier molecular flexibility index (Phi) is 2.30. The highest BCUT2D eigenvalue weighted by Gasteiger charge is 2.06. The van der Waals surface area contributed by atoms with Crippen molar-refractivity contribution in [1.29, 1.82) is 0 Å². The van der Waals surface area contributed by atoms with Crippen molar-refractivity contribution in [3.05, 3.63) is 48.3 Å². The quantitative estimate of drug-likeness (QED) is 0.662. The number of hydrogen-bond donors (Lipinski definition) is 1. The van der Waals surface area contributed by atoms with Crippen molar-refractivity contribution >= 4 is 27.2 Å². The van der Waals surface area contributed by atoms with Crippen molar-refractivity contribution in [3.8, 4) is 10.6 Å². The van der Waals surface area contributed by atoms with E-state index < -0.39 is 0 Å². The molecular formula is C13H9FN2S. The minimum Gasteiger partial charge on any atom is -0.399 e. The van der Waals surface area contributed by atoms with Crippen molar-refractivity contribution in [2.24, 2.45) is 0 Å². The first-order chi connectivity index (χ1) is 8.22. The highest BCUT2D eigenvalue weighted by molar-refractivity contribution is 7.21. The fourth-order valence-electron chi connectivity index (χ4n) is 1.65. The zero-order chi connectivity index (χ0) is 11.8. The molecule has 0 unspecified atom stereocenters. The molecule has 0 aliphatic heterocycles. The monoisotopic (exact) mass is 243 g/mol. The third-order valence-corrected chi connectivity index (χ3v) is 3.58. The van der Waals surface area contributed by atoms with Gasteiger partial charge in [0.2, 0.25) is 0 Å². The molecule has 0 atom stereocenters. The summed E-state index contributed by atoms with van der Waals surface area (Å²) in [5.41, 5.74) is 8.18. The van der Waals surface area contributed by atoms with Gasteiger partial charge in [-0.2, -0.15) is 0 Å². The molecule has 2 nitrogen and oxygen atoms in total. The molecule has 0 saturated heterocycles. The minimum absolute atomic E-state index is 0.231. The first-order valence-electron chi connectivity index (χ1n) is 5.14. The Bertz CT molecular complexity index is 673. The van der Waals surface area contributed by atoms with Crippen LogP contribution in [0.4, 0.5) is 10.1 Å². The van der Waals surface area contributed by atoms with Gasteiger partial charge >= 0.3 is 0 Å². The second-order valence-electron chi connectivity index (χ2n) is 3.75. The van der Waals surface area contributed by atoms with Crippen molar-refractivity contribution in [1.82, 2.24) is 4.98 Å². The van der Waals surface area contributed by atoms with E-state index in [1.165, 1.54) is 23.5 Å². The van der Waals surface area contributed by atoms with Crippen molar-refractivity contribution in [3.63, 3.8) is 0 Å². The van der Waals surface area contributed by atoms with Gasteiger partial charge in [0.15, 0.2) is 0 Å². The standard InChI is InChI=1S/C13H9FN2S/c14-9-3-6-11-12(7-9)17-13(16-11)8-1-4-10(15)5-2-8/h1-7H,15H2/i14-1. The molecule has 0 aliphatic rings. The van der Waals surface area contributed by atoms with E-state index in [1.807, 2.05) is 24.3 Å². The molecule has 2 N–H and O–H groups in total. The second kappa shape index (κ2) is 3.82. The maximum Gasteiger partial charge on any atom is 0.124 e. The Morgan fingerprint density at radius 3 is 2.59 bits per heavy atom. The van der Waals surface area contributed by atoms with Crippen LogP contribution < -0.4 is 5.73 Å². The van der Waals surface area contributed by atoms with Crippen LogP contribution in [-0.2, 0) is 0 Å². The second-order valence-corrected chi connectivity index (χ2v) is 4.78. The molecule has 0 bridgehead atoms. The molecule has 3 aromatic rings. The lowest BCUT2D eigenvalue weighted by atomic mass is 10.2. The van der Waals surface area contributed by atoms with Gasteiger partial charge in [-0.1, -0.05) is 0 Å². The fourth-order valence-corrected chi connectivity index (χ4v) is 2.64. The number of nitrogens with zero attached hydrogens (tertiary/aromatic N) is 1. The van der Waals surface area contributed by atoms with E-state index in [4.69, 9.17) is 5.73 Å². The Morgan fingerprint density at radius 2 is 1.82 bits per heavy atom. The topological polar surface area (TPSA) is 38.9 Å². The molecule has 84 valence electrons. The molecule has 17 heavy (non-hydrogen) atoms. The summed E-state index contributed by atoms with van der Waals surface area (Å²) < 4.78 is 13.9. The highest BCUT2D eigenvalue weighted by Crippen LogP contribution is 2.30. The van der Waals surface area contributed by atoms with Gasteiger partial charge in [-0.05, 0) is 42.5 Å². The Balaban J connectivity index is 2.14. The molecule has 0 aliphatic carbocycles. The average Bonchev–Trinajstić information content (AvgIpc) is 2.72. The van der Waals surface area contributed by atoms with Crippen molar-refractivity contribution in [2.75, 3.05) is 5.73 Å². The van der Waals surface area contributed by atoms with Crippen LogP contribution in [0.1, 0.15) is 0 Å². The molecule has 0 fully saturated rings. The summed E-state index contributed by atoms with van der Waals surface area (Å²) in [5.74, 6) is -0.231. The van der Waals surface area contributed by atoms with Crippen LogP contribution in [0.3, 0.4) is 0 Å². The molecule has 1 heterocycles. The van der Waals surface area contributed by atoms with Gasteiger partial charge in [-0.3, -0.25) is 0 Å². The third-order valence-electron chi connectivity index (χ3n) is 2.51. The predicted molar refractivity (Wildman–Crippen MR) is 69.4 cm³/mol. The lowest BCUT2D eigenvalue weighted by molar-refractivity contribution is 0.630. The maximum atomic E-state index is 13.1. The van der Waals surface area contributed by atoms with Gasteiger partial charge in [0.1, 0.15) is 10.8 Å². The summed E-state index contributed by atoms with van der Waals surface area (Å²) in [6.45, 7) is 0. The summed E-state index contributed by atoms with van der Waals surface area (Å²) in [6, 6.07) is 12.1. The Hall–Kier alpha value is -1.94. The first-order valence-corrected chi connectivity index (χ1v) is 5.96. The van der Waals surface area contributed by atoms with Crippen LogP contribution in [0.2, 0.25) is 0 Å². The molecule has 0 spiro atoms. The fraction of sp³-hybridized carbons (Fsp3) is 0. The van der Waals surface area contributed by atoms with Crippen LogP contribution >= 0.6 is 11.3 Å². The van der Waals surface area contributed by atoms with Crippen LogP contribution in [-0.4, -0.2) is 4.98 Å². The summed E-state index contributed by atoms with van der Waals surface area (Å²) in [7, 11) is 0. The third kappa shape index (κ3) is 1.87. The molecule has 0 radical (unpaired) electrons. The number of rotatable bonds is 1. The first kappa shape index (κ1) is 10.2. The van der Waals surface area contributed by atoms with Gasteiger partial charge in [-0.15, -0.1) is 11.3 Å². The molecule has 2 aromatic carbocycles. The van der Waals surface area contributed by atoms with E-state index in [2.05, 4.69) is 4.98 Å². The van der Waals surface area contributed by atoms with Crippen molar-refractivity contribution < 1.29 is 4.39 Å². The molecule has 0 saturated carbocycles. The smallest absolute Gasteiger partial charge is 0.124 e. The van der Waals surface area contributed by atoms with Crippen LogP contribution in [0, 0.1) is 5.82 Å². The highest BCUT2D eigenvalue weighted by atomic mass is 32.1. The van der Waals surface area contributed by atoms with Crippen LogP contribution in [0.25, 0.3) is 20.8 Å². The Labute approximate surface area is 102 Å². The number of aromatic nitrogens is 1. The zero-order valence-electron chi connectivity index (χ0n) is 8.85. The number of benzene rings is 2. The Morgan fingerprint density at radius 1 is 1.06 bits per heavy atom. The van der Waals surface area contributed by atoms with Crippen LogP contribution in [0.5, 0.6) is 0 Å². The summed E-state index contributed by atoms with van der Waals surface area (Å²) in [4.78, 5) is 4.46. The number of nitrogen functional groups attached to an aromatic ring is 1. The van der Waals surface area contributed by atoms with E-state index in [-0.39, 0.29) is 5.82 Å². The zero-order valence-corrected chi connectivity index (χ0v) is 9.67. The molecular weight excluding hydrogens is 234 g/mol. The average molecular weight is 243 g/mol. The summed E-state index contributed by atoms with van der Waals surface area (Å²) in [6.07, 6.45) is 0. The largest absolute Gasteiger partial charge is 0.399 e. The van der Waals surface area contributed by atoms with E-state index in [9.17, 15) is 4.39 Å². The lowest BCUT2D eigenvalue weighted by Crippen LogP contribution is -1.83. The summed E-state index contributed by atoms with van der Waals surface area (Å²) in [5, 5.41) is 0.880. The van der Waals surface area contributed by atoms with E-state index in [0.29, 0.717) is 0 Å². The number of nitrogens with two attached hydrogens (primary N) is 1.